The second-order valence-electron chi connectivity index (χ2n) is 5.40. The normalized spacial score (nSPS) is 10.6. The monoisotopic (exact) mass is 343 g/mol. The van der Waals surface area contributed by atoms with Crippen LogP contribution in [0.5, 0.6) is 11.5 Å². The van der Waals surface area contributed by atoms with Crippen LogP contribution in [-0.2, 0) is 6.54 Å². The van der Waals surface area contributed by atoms with Crippen molar-refractivity contribution >= 4 is 5.69 Å². The van der Waals surface area contributed by atoms with E-state index in [-0.39, 0.29) is 12.4 Å². The SMILES string of the molecule is COc1ccc(-c2noc(CNc3ccc(C)c(F)c3)n2)c(OC)c1. The van der Waals surface area contributed by atoms with Gasteiger partial charge in [-0.05, 0) is 36.8 Å². The molecular weight excluding hydrogens is 325 g/mol. The molecule has 1 N–H and O–H groups in total. The van der Waals surface area contributed by atoms with Gasteiger partial charge in [0.05, 0.1) is 26.3 Å². The first-order valence-electron chi connectivity index (χ1n) is 7.65. The number of hydrogen-bond donors (Lipinski definition) is 1. The lowest BCUT2D eigenvalue weighted by Crippen LogP contribution is -2.00. The average molecular weight is 343 g/mol. The van der Waals surface area contributed by atoms with Gasteiger partial charge in [0.15, 0.2) is 0 Å². The molecule has 7 heteroatoms. The summed E-state index contributed by atoms with van der Waals surface area (Å²) in [6.45, 7) is 2.00. The third-order valence-electron chi connectivity index (χ3n) is 3.73. The molecule has 0 atom stereocenters. The van der Waals surface area contributed by atoms with Crippen LogP contribution in [-0.4, -0.2) is 24.4 Å². The number of methoxy groups -OCH3 is 2. The summed E-state index contributed by atoms with van der Waals surface area (Å²) in [5.41, 5.74) is 1.93. The first-order chi connectivity index (χ1) is 12.1. The van der Waals surface area contributed by atoms with Crippen LogP contribution >= 0.6 is 0 Å². The number of hydrogen-bond acceptors (Lipinski definition) is 6. The molecule has 1 aromatic heterocycles. The van der Waals surface area contributed by atoms with E-state index in [1.54, 1.807) is 51.5 Å². The summed E-state index contributed by atoms with van der Waals surface area (Å²) in [7, 11) is 3.15. The van der Waals surface area contributed by atoms with Crippen LogP contribution in [0.2, 0.25) is 0 Å². The molecular formula is C18H18FN3O3. The highest BCUT2D eigenvalue weighted by Gasteiger charge is 2.14. The number of aryl methyl sites for hydroxylation is 1. The standard InChI is InChI=1S/C18H18FN3O3/c1-11-4-5-12(8-15(11)19)20-10-17-21-18(22-25-17)14-7-6-13(23-2)9-16(14)24-3/h4-9,20H,10H2,1-3H3. The first-order valence-corrected chi connectivity index (χ1v) is 7.65. The second-order valence-corrected chi connectivity index (χ2v) is 5.40. The van der Waals surface area contributed by atoms with Crippen molar-refractivity contribution < 1.29 is 18.4 Å². The van der Waals surface area contributed by atoms with Crippen molar-refractivity contribution in [3.8, 4) is 22.9 Å². The fraction of sp³-hybridized carbons (Fsp3) is 0.222. The Morgan fingerprint density at radius 2 is 1.96 bits per heavy atom. The smallest absolute Gasteiger partial charge is 0.246 e. The fourth-order valence-corrected chi connectivity index (χ4v) is 2.30. The molecule has 130 valence electrons. The molecule has 0 bridgehead atoms. The van der Waals surface area contributed by atoms with E-state index in [0.717, 1.165) is 0 Å². The molecule has 0 amide bonds. The average Bonchev–Trinajstić information content (AvgIpc) is 3.11. The Kier molecular flexibility index (Phi) is 4.83. The van der Waals surface area contributed by atoms with E-state index in [0.29, 0.717) is 40.0 Å². The maximum absolute atomic E-state index is 13.6. The minimum atomic E-state index is -0.265. The molecule has 0 aliphatic carbocycles. The van der Waals surface area contributed by atoms with Gasteiger partial charge in [-0.2, -0.15) is 4.98 Å². The lowest BCUT2D eigenvalue weighted by Gasteiger charge is -2.07. The molecule has 0 aliphatic heterocycles. The van der Waals surface area contributed by atoms with E-state index < -0.39 is 0 Å². The maximum atomic E-state index is 13.6. The molecule has 0 fully saturated rings. The zero-order chi connectivity index (χ0) is 17.8. The lowest BCUT2D eigenvalue weighted by atomic mass is 10.2. The molecule has 25 heavy (non-hydrogen) atoms. The van der Waals surface area contributed by atoms with Crippen LogP contribution in [0.25, 0.3) is 11.4 Å². The molecule has 3 rings (SSSR count). The minimum Gasteiger partial charge on any atom is -0.497 e. The highest BCUT2D eigenvalue weighted by Crippen LogP contribution is 2.31. The van der Waals surface area contributed by atoms with Gasteiger partial charge in [0.2, 0.25) is 11.7 Å². The quantitative estimate of drug-likeness (QED) is 0.734. The molecule has 1 heterocycles. The van der Waals surface area contributed by atoms with Crippen LogP contribution in [0, 0.1) is 12.7 Å². The summed E-state index contributed by atoms with van der Waals surface area (Å²) in [6.07, 6.45) is 0. The summed E-state index contributed by atoms with van der Waals surface area (Å²) in [4.78, 5) is 4.34. The Bertz CT molecular complexity index is 880. The molecule has 0 saturated heterocycles. The third-order valence-corrected chi connectivity index (χ3v) is 3.73. The van der Waals surface area contributed by atoms with Crippen LogP contribution in [0.1, 0.15) is 11.5 Å². The highest BCUT2D eigenvalue weighted by molar-refractivity contribution is 5.65. The Hall–Kier alpha value is -3.09. The highest BCUT2D eigenvalue weighted by atomic mass is 19.1. The van der Waals surface area contributed by atoms with Crippen molar-refractivity contribution in [3.05, 3.63) is 53.7 Å². The number of rotatable bonds is 6. The van der Waals surface area contributed by atoms with Crippen molar-refractivity contribution in [2.75, 3.05) is 19.5 Å². The van der Waals surface area contributed by atoms with Crippen molar-refractivity contribution in [1.29, 1.82) is 0 Å². The van der Waals surface area contributed by atoms with Gasteiger partial charge in [0.25, 0.3) is 0 Å². The largest absolute Gasteiger partial charge is 0.497 e. The number of ether oxygens (including phenoxy) is 2. The molecule has 0 unspecified atom stereocenters. The van der Waals surface area contributed by atoms with Gasteiger partial charge in [0.1, 0.15) is 17.3 Å². The van der Waals surface area contributed by atoms with Crippen LogP contribution in [0.4, 0.5) is 10.1 Å². The maximum Gasteiger partial charge on any atom is 0.246 e. The third kappa shape index (κ3) is 3.71. The predicted octanol–water partition coefficient (Wildman–Crippen LogP) is 3.81. The van der Waals surface area contributed by atoms with Gasteiger partial charge in [-0.25, -0.2) is 4.39 Å². The minimum absolute atomic E-state index is 0.265. The summed E-state index contributed by atoms with van der Waals surface area (Å²) < 4.78 is 29.3. The van der Waals surface area contributed by atoms with E-state index in [1.807, 2.05) is 0 Å². The number of nitrogens with zero attached hydrogens (tertiary/aromatic N) is 2. The van der Waals surface area contributed by atoms with E-state index in [4.69, 9.17) is 14.0 Å². The van der Waals surface area contributed by atoms with Gasteiger partial charge in [-0.15, -0.1) is 0 Å². The predicted molar refractivity (Wildman–Crippen MR) is 91.3 cm³/mol. The topological polar surface area (TPSA) is 69.4 Å². The van der Waals surface area contributed by atoms with Crippen molar-refractivity contribution in [1.82, 2.24) is 10.1 Å². The van der Waals surface area contributed by atoms with Gasteiger partial charge in [0, 0.05) is 11.8 Å². The van der Waals surface area contributed by atoms with Crippen molar-refractivity contribution in [2.24, 2.45) is 0 Å². The number of halogens is 1. The molecule has 0 aliphatic rings. The van der Waals surface area contributed by atoms with E-state index in [2.05, 4.69) is 15.5 Å². The van der Waals surface area contributed by atoms with Crippen LogP contribution < -0.4 is 14.8 Å². The molecule has 6 nitrogen and oxygen atoms in total. The van der Waals surface area contributed by atoms with Crippen molar-refractivity contribution in [2.45, 2.75) is 13.5 Å². The van der Waals surface area contributed by atoms with Crippen LogP contribution in [0.15, 0.2) is 40.9 Å². The fourth-order valence-electron chi connectivity index (χ4n) is 2.30. The Balaban J connectivity index is 1.75. The van der Waals surface area contributed by atoms with Crippen molar-refractivity contribution in [3.63, 3.8) is 0 Å². The van der Waals surface area contributed by atoms with Gasteiger partial charge in [-0.3, -0.25) is 0 Å². The zero-order valence-electron chi connectivity index (χ0n) is 14.2. The summed E-state index contributed by atoms with van der Waals surface area (Å²) in [5, 5.41) is 7.03. The first kappa shape index (κ1) is 16.8. The van der Waals surface area contributed by atoms with Gasteiger partial charge < -0.3 is 19.3 Å². The number of benzene rings is 2. The molecule has 0 radical (unpaired) electrons. The zero-order valence-corrected chi connectivity index (χ0v) is 14.2. The summed E-state index contributed by atoms with van der Waals surface area (Å²) >= 11 is 0. The molecule has 3 aromatic rings. The lowest BCUT2D eigenvalue weighted by molar-refractivity contribution is 0.382. The molecule has 2 aromatic carbocycles. The van der Waals surface area contributed by atoms with E-state index in [1.165, 1.54) is 6.07 Å². The summed E-state index contributed by atoms with van der Waals surface area (Å²) in [6, 6.07) is 10.3. The number of anilines is 1. The van der Waals surface area contributed by atoms with Gasteiger partial charge >= 0.3 is 0 Å². The van der Waals surface area contributed by atoms with Gasteiger partial charge in [-0.1, -0.05) is 11.2 Å². The Morgan fingerprint density at radius 1 is 1.12 bits per heavy atom. The molecule has 0 spiro atoms. The number of aromatic nitrogens is 2. The summed E-state index contributed by atoms with van der Waals surface area (Å²) in [5.74, 6) is 1.78. The second kappa shape index (κ2) is 7.21. The van der Waals surface area contributed by atoms with E-state index in [9.17, 15) is 4.39 Å². The Morgan fingerprint density at radius 3 is 2.68 bits per heavy atom. The Labute approximate surface area is 144 Å². The van der Waals surface area contributed by atoms with E-state index >= 15 is 0 Å². The van der Waals surface area contributed by atoms with Crippen LogP contribution in [0.3, 0.4) is 0 Å². The number of nitrogens with one attached hydrogen (secondary N) is 1. The molecule has 0 saturated carbocycles.